The van der Waals surface area contributed by atoms with Crippen LogP contribution in [0.2, 0.25) is 0 Å². The molecule has 0 atom stereocenters. The zero-order valence-electron chi connectivity index (χ0n) is 11.0. The van der Waals surface area contributed by atoms with Gasteiger partial charge in [-0.3, -0.25) is 0 Å². The minimum absolute atomic E-state index is 0.259. The number of sulfonamides is 1. The van der Waals surface area contributed by atoms with Crippen molar-refractivity contribution < 1.29 is 8.42 Å². The quantitative estimate of drug-likeness (QED) is 0.785. The lowest BCUT2D eigenvalue weighted by molar-refractivity contribution is 0.135. The fourth-order valence-corrected chi connectivity index (χ4v) is 3.15. The fourth-order valence-electron chi connectivity index (χ4n) is 1.96. The average molecular weight is 284 g/mol. The first-order chi connectivity index (χ1) is 9.01. The normalized spacial score (nSPS) is 18.6. The van der Waals surface area contributed by atoms with E-state index in [4.69, 9.17) is 5.73 Å². The Hall–Kier alpha value is -0.990. The van der Waals surface area contributed by atoms with E-state index in [1.165, 1.54) is 0 Å². The zero-order chi connectivity index (χ0) is 13.9. The molecule has 0 aromatic heterocycles. The van der Waals surface area contributed by atoms with Gasteiger partial charge in [0.05, 0.1) is 4.90 Å². The maximum Gasteiger partial charge on any atom is 0.253 e. The average Bonchev–Trinajstić information content (AvgIpc) is 2.41. The maximum absolute atomic E-state index is 12.2. The summed E-state index contributed by atoms with van der Waals surface area (Å²) in [7, 11) is -1.48. The van der Waals surface area contributed by atoms with Gasteiger partial charge in [-0.05, 0) is 24.7 Å². The Morgan fingerprint density at radius 1 is 1.26 bits per heavy atom. The molecule has 1 heterocycles. The molecular formula is C12H20N4O2S. The van der Waals surface area contributed by atoms with Crippen molar-refractivity contribution in [1.82, 2.24) is 14.7 Å². The molecule has 0 aliphatic carbocycles. The molecule has 1 fully saturated rings. The minimum atomic E-state index is -3.51. The third-order valence-electron chi connectivity index (χ3n) is 3.20. The zero-order valence-corrected chi connectivity index (χ0v) is 11.9. The molecule has 6 nitrogen and oxygen atoms in total. The molecule has 1 saturated heterocycles. The predicted octanol–water partition coefficient (Wildman–Crippen LogP) is -0.414. The highest BCUT2D eigenvalue weighted by Crippen LogP contribution is 2.12. The van der Waals surface area contributed by atoms with Gasteiger partial charge in [0.15, 0.2) is 0 Å². The number of likely N-dealkylation sites (N-methyl/N-ethyl adjacent to an activating group) is 1. The van der Waals surface area contributed by atoms with Crippen LogP contribution in [0.5, 0.6) is 0 Å². The second-order valence-corrected chi connectivity index (χ2v) is 6.40. The van der Waals surface area contributed by atoms with Crippen molar-refractivity contribution in [3.05, 3.63) is 29.8 Å². The Morgan fingerprint density at radius 2 is 1.95 bits per heavy atom. The topological polar surface area (TPSA) is 78.7 Å². The Morgan fingerprint density at radius 3 is 2.58 bits per heavy atom. The summed E-state index contributed by atoms with van der Waals surface area (Å²) in [6, 6.07) is 6.71. The number of nitrogens with two attached hydrogens (primary N) is 1. The van der Waals surface area contributed by atoms with Gasteiger partial charge < -0.3 is 10.6 Å². The van der Waals surface area contributed by atoms with Gasteiger partial charge in [0, 0.05) is 32.7 Å². The number of nitrogens with zero attached hydrogens (tertiary/aromatic N) is 2. The summed E-state index contributed by atoms with van der Waals surface area (Å²) in [6.07, 6.45) is 0. The van der Waals surface area contributed by atoms with Crippen LogP contribution in [0.25, 0.3) is 0 Å². The predicted molar refractivity (Wildman–Crippen MR) is 73.7 cm³/mol. The van der Waals surface area contributed by atoms with Crippen molar-refractivity contribution in [2.45, 2.75) is 11.4 Å². The number of benzene rings is 1. The van der Waals surface area contributed by atoms with Crippen LogP contribution in [-0.4, -0.2) is 51.6 Å². The van der Waals surface area contributed by atoms with Crippen molar-refractivity contribution in [1.29, 1.82) is 0 Å². The van der Waals surface area contributed by atoms with Crippen molar-refractivity contribution in [3.63, 3.8) is 0 Å². The smallest absolute Gasteiger partial charge is 0.253 e. The number of nitrogens with one attached hydrogen (secondary N) is 1. The van der Waals surface area contributed by atoms with Crippen LogP contribution in [0.4, 0.5) is 0 Å². The summed E-state index contributed by atoms with van der Waals surface area (Å²) in [5.74, 6) is 0. The number of hydrogen-bond donors (Lipinski definition) is 2. The Kier molecular flexibility index (Phi) is 4.54. The Balaban J connectivity index is 2.09. The van der Waals surface area contributed by atoms with E-state index in [0.29, 0.717) is 19.6 Å². The van der Waals surface area contributed by atoms with Crippen LogP contribution < -0.4 is 10.6 Å². The molecule has 0 amide bonds. The molecule has 1 aliphatic rings. The maximum atomic E-state index is 12.2. The molecule has 3 N–H and O–H groups in total. The molecule has 0 saturated carbocycles. The first-order valence-electron chi connectivity index (χ1n) is 6.26. The van der Waals surface area contributed by atoms with Gasteiger partial charge in [0.25, 0.3) is 10.0 Å². The van der Waals surface area contributed by atoms with Crippen LogP contribution in [0, 0.1) is 0 Å². The first kappa shape index (κ1) is 14.4. The SMILES string of the molecule is CN1CCN(NS(=O)(=O)c2cccc(CN)c2)CC1. The molecule has 2 rings (SSSR count). The van der Waals surface area contributed by atoms with Crippen molar-refractivity contribution in [3.8, 4) is 0 Å². The second-order valence-electron chi connectivity index (χ2n) is 4.74. The van der Waals surface area contributed by atoms with E-state index >= 15 is 0 Å². The van der Waals surface area contributed by atoms with Gasteiger partial charge in [-0.2, -0.15) is 0 Å². The van der Waals surface area contributed by atoms with E-state index in [1.54, 1.807) is 23.2 Å². The summed E-state index contributed by atoms with van der Waals surface area (Å²) < 4.78 is 24.5. The lowest BCUT2D eigenvalue weighted by atomic mass is 10.2. The van der Waals surface area contributed by atoms with Crippen molar-refractivity contribution in [2.75, 3.05) is 33.2 Å². The van der Waals surface area contributed by atoms with Gasteiger partial charge in [0.2, 0.25) is 0 Å². The van der Waals surface area contributed by atoms with Gasteiger partial charge in [-0.25, -0.2) is 13.4 Å². The third-order valence-corrected chi connectivity index (χ3v) is 4.57. The van der Waals surface area contributed by atoms with Crippen LogP contribution in [0.1, 0.15) is 5.56 Å². The van der Waals surface area contributed by atoms with E-state index in [9.17, 15) is 8.42 Å². The highest BCUT2D eigenvalue weighted by Gasteiger charge is 2.21. The van der Waals surface area contributed by atoms with E-state index in [2.05, 4.69) is 9.73 Å². The van der Waals surface area contributed by atoms with Crippen molar-refractivity contribution in [2.24, 2.45) is 5.73 Å². The molecular weight excluding hydrogens is 264 g/mol. The molecule has 0 unspecified atom stereocenters. The Labute approximate surface area is 114 Å². The van der Waals surface area contributed by atoms with E-state index in [1.807, 2.05) is 13.1 Å². The molecule has 0 bridgehead atoms. The summed E-state index contributed by atoms with van der Waals surface area (Å²) in [5.41, 5.74) is 6.34. The first-order valence-corrected chi connectivity index (χ1v) is 7.74. The Bertz CT molecular complexity index is 524. The molecule has 1 aromatic carbocycles. The van der Waals surface area contributed by atoms with Crippen molar-refractivity contribution >= 4 is 10.0 Å². The molecule has 106 valence electrons. The molecule has 19 heavy (non-hydrogen) atoms. The van der Waals surface area contributed by atoms with Crippen LogP contribution >= 0.6 is 0 Å². The monoisotopic (exact) mass is 284 g/mol. The fraction of sp³-hybridized carbons (Fsp3) is 0.500. The van der Waals surface area contributed by atoms with Crippen LogP contribution in [0.3, 0.4) is 0 Å². The second kappa shape index (κ2) is 5.98. The standard InChI is InChI=1S/C12H20N4O2S/c1-15-5-7-16(8-6-15)14-19(17,18)12-4-2-3-11(9-12)10-13/h2-4,9,14H,5-8,10,13H2,1H3. The summed E-state index contributed by atoms with van der Waals surface area (Å²) in [4.78, 5) is 5.05. The molecule has 1 aromatic rings. The number of piperazine rings is 1. The number of hydrogen-bond acceptors (Lipinski definition) is 5. The van der Waals surface area contributed by atoms with Gasteiger partial charge >= 0.3 is 0 Å². The highest BCUT2D eigenvalue weighted by atomic mass is 32.2. The van der Waals surface area contributed by atoms with Gasteiger partial charge in [-0.15, -0.1) is 4.83 Å². The van der Waals surface area contributed by atoms with Gasteiger partial charge in [-0.1, -0.05) is 12.1 Å². The number of hydrazine groups is 1. The summed E-state index contributed by atoms with van der Waals surface area (Å²) in [6.45, 7) is 3.41. The summed E-state index contributed by atoms with van der Waals surface area (Å²) >= 11 is 0. The molecule has 7 heteroatoms. The minimum Gasteiger partial charge on any atom is -0.326 e. The highest BCUT2D eigenvalue weighted by molar-refractivity contribution is 7.89. The van der Waals surface area contributed by atoms with E-state index in [0.717, 1.165) is 18.7 Å². The van der Waals surface area contributed by atoms with E-state index < -0.39 is 10.0 Å². The third kappa shape index (κ3) is 3.74. The van der Waals surface area contributed by atoms with Gasteiger partial charge in [0.1, 0.15) is 0 Å². The summed E-state index contributed by atoms with van der Waals surface area (Å²) in [5, 5.41) is 1.74. The molecule has 0 spiro atoms. The molecule has 1 aliphatic heterocycles. The lowest BCUT2D eigenvalue weighted by Crippen LogP contribution is -2.52. The lowest BCUT2D eigenvalue weighted by Gasteiger charge is -2.32. The number of rotatable bonds is 4. The van der Waals surface area contributed by atoms with E-state index in [-0.39, 0.29) is 4.90 Å². The van der Waals surface area contributed by atoms with Crippen LogP contribution in [-0.2, 0) is 16.6 Å². The largest absolute Gasteiger partial charge is 0.326 e. The van der Waals surface area contributed by atoms with Crippen LogP contribution in [0.15, 0.2) is 29.2 Å². The molecule has 0 radical (unpaired) electrons.